The fourth-order valence-electron chi connectivity index (χ4n) is 4.43. The van der Waals surface area contributed by atoms with Gasteiger partial charge in [0.25, 0.3) is 5.69 Å². The second kappa shape index (κ2) is 10.2. The molecule has 0 spiro atoms. The number of nitro benzene ring substituents is 1. The van der Waals surface area contributed by atoms with Crippen LogP contribution in [-0.4, -0.2) is 43.0 Å². The van der Waals surface area contributed by atoms with Crippen molar-refractivity contribution in [2.24, 2.45) is 0 Å². The molecule has 0 fully saturated rings. The topological polar surface area (TPSA) is 93.9 Å². The summed E-state index contributed by atoms with van der Waals surface area (Å²) in [6, 6.07) is 12.9. The molecule has 0 radical (unpaired) electrons. The first kappa shape index (κ1) is 23.7. The third-order valence-electron chi connectivity index (χ3n) is 6.19. The Balaban J connectivity index is 1.54. The van der Waals surface area contributed by atoms with E-state index in [1.165, 1.54) is 16.5 Å². The highest BCUT2D eigenvalue weighted by Crippen LogP contribution is 2.42. The van der Waals surface area contributed by atoms with Crippen molar-refractivity contribution in [1.82, 2.24) is 4.90 Å². The number of carbonyl (C=O) groups is 1. The summed E-state index contributed by atoms with van der Waals surface area (Å²) in [6.45, 7) is 2.99. The molecule has 9 heteroatoms. The highest BCUT2D eigenvalue weighted by molar-refractivity contribution is 7.10. The Labute approximate surface area is 202 Å². The zero-order chi connectivity index (χ0) is 24.2. The van der Waals surface area contributed by atoms with Crippen molar-refractivity contribution in [1.29, 1.82) is 0 Å². The van der Waals surface area contributed by atoms with Crippen LogP contribution in [0, 0.1) is 17.0 Å². The SMILES string of the molecule is COc1cc2c(cc1OC)C(c1cccs1)N(CCC(=O)Nc1cccc([N+](=O)[O-])c1C)CC2. The predicted molar refractivity (Wildman–Crippen MR) is 132 cm³/mol. The maximum absolute atomic E-state index is 12.8. The van der Waals surface area contributed by atoms with Gasteiger partial charge in [0.2, 0.25) is 5.91 Å². The van der Waals surface area contributed by atoms with Gasteiger partial charge in [-0.2, -0.15) is 0 Å². The number of hydrogen-bond donors (Lipinski definition) is 1. The lowest BCUT2D eigenvalue weighted by Gasteiger charge is -2.37. The summed E-state index contributed by atoms with van der Waals surface area (Å²) in [7, 11) is 3.27. The van der Waals surface area contributed by atoms with Gasteiger partial charge in [-0.3, -0.25) is 19.8 Å². The van der Waals surface area contributed by atoms with Crippen LogP contribution in [0.5, 0.6) is 11.5 Å². The number of thiophene rings is 1. The summed E-state index contributed by atoms with van der Waals surface area (Å²) >= 11 is 1.69. The molecule has 1 amide bonds. The molecule has 0 aliphatic carbocycles. The maximum Gasteiger partial charge on any atom is 0.274 e. The normalized spacial score (nSPS) is 15.4. The number of methoxy groups -OCH3 is 2. The van der Waals surface area contributed by atoms with Crippen LogP contribution in [0.4, 0.5) is 11.4 Å². The molecule has 1 atom stereocenters. The van der Waals surface area contributed by atoms with Gasteiger partial charge in [0.1, 0.15) is 0 Å². The van der Waals surface area contributed by atoms with E-state index in [2.05, 4.69) is 21.7 Å². The number of rotatable bonds is 8. The third kappa shape index (κ3) is 4.76. The van der Waals surface area contributed by atoms with E-state index in [0.29, 0.717) is 29.3 Å². The first-order valence-electron chi connectivity index (χ1n) is 11.0. The number of ether oxygens (including phenoxy) is 2. The molecular weight excluding hydrogens is 454 g/mol. The van der Waals surface area contributed by atoms with E-state index >= 15 is 0 Å². The van der Waals surface area contributed by atoms with Crippen LogP contribution in [0.2, 0.25) is 0 Å². The molecule has 2 aromatic carbocycles. The van der Waals surface area contributed by atoms with E-state index in [1.807, 2.05) is 18.2 Å². The number of hydrogen-bond acceptors (Lipinski definition) is 7. The minimum atomic E-state index is -0.439. The molecular formula is C25H27N3O5S. The summed E-state index contributed by atoms with van der Waals surface area (Å²) < 4.78 is 11.0. The van der Waals surface area contributed by atoms with Gasteiger partial charge in [-0.1, -0.05) is 12.1 Å². The lowest BCUT2D eigenvalue weighted by Crippen LogP contribution is -2.37. The van der Waals surface area contributed by atoms with E-state index in [0.717, 1.165) is 18.5 Å². The van der Waals surface area contributed by atoms with Crippen molar-refractivity contribution in [3.8, 4) is 11.5 Å². The molecule has 2 heterocycles. The lowest BCUT2D eigenvalue weighted by atomic mass is 9.90. The molecule has 1 N–H and O–H groups in total. The van der Waals surface area contributed by atoms with Crippen molar-refractivity contribution in [2.75, 3.05) is 32.6 Å². The van der Waals surface area contributed by atoms with E-state index in [4.69, 9.17) is 9.47 Å². The van der Waals surface area contributed by atoms with Gasteiger partial charge in [-0.15, -0.1) is 11.3 Å². The molecule has 0 saturated carbocycles. The standard InChI is InChI=1S/C25H27N3O5S/c1-16-19(6-4-7-20(16)28(30)31)26-24(29)10-12-27-11-9-17-14-21(32-2)22(33-3)15-18(17)25(27)23-8-5-13-34-23/h4-8,13-15,25H,9-12H2,1-3H3,(H,26,29). The highest BCUT2D eigenvalue weighted by atomic mass is 32.1. The fraction of sp³-hybridized carbons (Fsp3) is 0.320. The van der Waals surface area contributed by atoms with Gasteiger partial charge in [-0.05, 0) is 54.1 Å². The van der Waals surface area contributed by atoms with Gasteiger partial charge in [0, 0.05) is 30.5 Å². The lowest BCUT2D eigenvalue weighted by molar-refractivity contribution is -0.385. The Morgan fingerprint density at radius 3 is 2.65 bits per heavy atom. The first-order chi connectivity index (χ1) is 16.4. The number of nitrogens with zero attached hydrogens (tertiary/aromatic N) is 2. The largest absolute Gasteiger partial charge is 0.493 e. The van der Waals surface area contributed by atoms with Gasteiger partial charge in [0.05, 0.1) is 36.4 Å². The Hall–Kier alpha value is -3.43. The molecule has 1 unspecified atom stereocenters. The van der Waals surface area contributed by atoms with Crippen molar-refractivity contribution >= 4 is 28.6 Å². The second-order valence-electron chi connectivity index (χ2n) is 8.11. The highest BCUT2D eigenvalue weighted by Gasteiger charge is 2.31. The molecule has 1 aromatic heterocycles. The summed E-state index contributed by atoms with van der Waals surface area (Å²) in [5.41, 5.74) is 3.28. The monoisotopic (exact) mass is 481 g/mol. The quantitative estimate of drug-likeness (QED) is 0.361. The average molecular weight is 482 g/mol. The van der Waals surface area contributed by atoms with Crippen molar-refractivity contribution in [3.05, 3.63) is 79.5 Å². The van der Waals surface area contributed by atoms with Crippen LogP contribution in [0.3, 0.4) is 0 Å². The van der Waals surface area contributed by atoms with Crippen LogP contribution >= 0.6 is 11.3 Å². The van der Waals surface area contributed by atoms with Gasteiger partial charge in [0.15, 0.2) is 11.5 Å². The molecule has 1 aliphatic heterocycles. The van der Waals surface area contributed by atoms with Crippen LogP contribution in [0.25, 0.3) is 0 Å². The number of anilines is 1. The molecule has 0 saturated heterocycles. The van der Waals surface area contributed by atoms with Crippen molar-refractivity contribution in [3.63, 3.8) is 0 Å². The number of nitro groups is 1. The van der Waals surface area contributed by atoms with E-state index in [-0.39, 0.29) is 24.1 Å². The molecule has 3 aromatic rings. The molecule has 4 rings (SSSR count). The average Bonchev–Trinajstić information content (AvgIpc) is 3.37. The Bertz CT molecular complexity index is 1200. The Morgan fingerprint density at radius 2 is 1.97 bits per heavy atom. The summed E-state index contributed by atoms with van der Waals surface area (Å²) in [6.07, 6.45) is 1.11. The predicted octanol–water partition coefficient (Wildman–Crippen LogP) is 4.96. The second-order valence-corrected chi connectivity index (χ2v) is 9.09. The van der Waals surface area contributed by atoms with E-state index < -0.39 is 4.92 Å². The van der Waals surface area contributed by atoms with Crippen LogP contribution in [-0.2, 0) is 11.2 Å². The molecule has 8 nitrogen and oxygen atoms in total. The zero-order valence-corrected chi connectivity index (χ0v) is 20.2. The number of carbonyl (C=O) groups excluding carboxylic acids is 1. The molecule has 1 aliphatic rings. The molecule has 0 bridgehead atoms. The van der Waals surface area contributed by atoms with Crippen molar-refractivity contribution < 1.29 is 19.2 Å². The van der Waals surface area contributed by atoms with Crippen LogP contribution in [0.15, 0.2) is 47.8 Å². The fourth-order valence-corrected chi connectivity index (χ4v) is 5.31. The summed E-state index contributed by atoms with van der Waals surface area (Å²) in [5.74, 6) is 1.22. The third-order valence-corrected chi connectivity index (χ3v) is 7.11. The van der Waals surface area contributed by atoms with E-state index in [1.54, 1.807) is 44.6 Å². The number of fused-ring (bicyclic) bond motifs is 1. The molecule has 34 heavy (non-hydrogen) atoms. The minimum Gasteiger partial charge on any atom is -0.493 e. The number of amides is 1. The van der Waals surface area contributed by atoms with Gasteiger partial charge < -0.3 is 14.8 Å². The Kier molecular flexibility index (Phi) is 7.14. The van der Waals surface area contributed by atoms with Gasteiger partial charge >= 0.3 is 0 Å². The first-order valence-corrected chi connectivity index (χ1v) is 11.9. The minimum absolute atomic E-state index is 0.00688. The van der Waals surface area contributed by atoms with Gasteiger partial charge in [-0.25, -0.2) is 0 Å². The maximum atomic E-state index is 12.8. The van der Waals surface area contributed by atoms with Crippen LogP contribution in [0.1, 0.15) is 34.0 Å². The Morgan fingerprint density at radius 1 is 1.21 bits per heavy atom. The number of benzene rings is 2. The summed E-state index contributed by atoms with van der Waals surface area (Å²) in [5, 5.41) is 16.1. The van der Waals surface area contributed by atoms with Crippen LogP contribution < -0.4 is 14.8 Å². The molecule has 178 valence electrons. The smallest absolute Gasteiger partial charge is 0.274 e. The zero-order valence-electron chi connectivity index (χ0n) is 19.4. The van der Waals surface area contributed by atoms with E-state index in [9.17, 15) is 14.9 Å². The number of nitrogens with one attached hydrogen (secondary N) is 1. The van der Waals surface area contributed by atoms with Crippen molar-refractivity contribution in [2.45, 2.75) is 25.8 Å². The summed E-state index contributed by atoms with van der Waals surface area (Å²) in [4.78, 5) is 27.0.